The quantitative estimate of drug-likeness (QED) is 0.607. The lowest BCUT2D eigenvalue weighted by atomic mass is 9.97. The molecule has 2 rings (SSSR count). The molecule has 0 atom stereocenters. The van der Waals surface area contributed by atoms with Crippen molar-refractivity contribution in [3.63, 3.8) is 0 Å². The zero-order chi connectivity index (χ0) is 14.9. The number of benzene rings is 1. The van der Waals surface area contributed by atoms with E-state index in [9.17, 15) is 0 Å². The van der Waals surface area contributed by atoms with Crippen molar-refractivity contribution >= 4 is 23.0 Å². The molecule has 0 amide bonds. The number of hydrogen-bond donors (Lipinski definition) is 2. The van der Waals surface area contributed by atoms with Gasteiger partial charge in [0.25, 0.3) is 0 Å². The Balaban J connectivity index is 1.73. The van der Waals surface area contributed by atoms with Gasteiger partial charge in [0.1, 0.15) is 5.75 Å². The smallest absolute Gasteiger partial charge is 0.170 e. The van der Waals surface area contributed by atoms with Crippen molar-refractivity contribution in [2.75, 3.05) is 18.5 Å². The van der Waals surface area contributed by atoms with E-state index < -0.39 is 0 Å². The van der Waals surface area contributed by atoms with Gasteiger partial charge in [-0.3, -0.25) is 0 Å². The highest BCUT2D eigenvalue weighted by Crippen LogP contribution is 2.19. The summed E-state index contributed by atoms with van der Waals surface area (Å²) < 4.78 is 5.48. The lowest BCUT2D eigenvalue weighted by molar-refractivity contribution is 0.340. The maximum Gasteiger partial charge on any atom is 0.170 e. The highest BCUT2D eigenvalue weighted by Gasteiger charge is 2.04. The molecule has 0 fully saturated rings. The molecule has 4 heteroatoms. The number of nitrogens with one attached hydrogen (secondary N) is 2. The molecule has 1 aliphatic rings. The number of hydrogen-bond acceptors (Lipinski definition) is 2. The van der Waals surface area contributed by atoms with Crippen LogP contribution in [0.4, 0.5) is 5.69 Å². The minimum absolute atomic E-state index is 0.667. The summed E-state index contributed by atoms with van der Waals surface area (Å²) in [5.74, 6) is 0.859. The highest BCUT2D eigenvalue weighted by molar-refractivity contribution is 7.80. The molecule has 3 nitrogen and oxygen atoms in total. The molecule has 0 bridgehead atoms. The van der Waals surface area contributed by atoms with E-state index in [-0.39, 0.29) is 0 Å². The molecule has 0 spiro atoms. The van der Waals surface area contributed by atoms with Crippen LogP contribution < -0.4 is 15.4 Å². The lowest BCUT2D eigenvalue weighted by Crippen LogP contribution is -2.29. The van der Waals surface area contributed by atoms with Crippen molar-refractivity contribution in [1.29, 1.82) is 0 Å². The number of thiocarbonyl (C=S) groups is 1. The van der Waals surface area contributed by atoms with Crippen molar-refractivity contribution in [1.82, 2.24) is 5.32 Å². The molecular formula is C17H24N2OS. The topological polar surface area (TPSA) is 33.3 Å². The largest absolute Gasteiger partial charge is 0.494 e. The maximum absolute atomic E-state index is 5.48. The van der Waals surface area contributed by atoms with Gasteiger partial charge in [-0.25, -0.2) is 0 Å². The van der Waals surface area contributed by atoms with E-state index in [1.165, 1.54) is 25.7 Å². The van der Waals surface area contributed by atoms with Crippen LogP contribution in [-0.4, -0.2) is 18.3 Å². The van der Waals surface area contributed by atoms with Crippen molar-refractivity contribution < 1.29 is 4.74 Å². The van der Waals surface area contributed by atoms with E-state index in [0.29, 0.717) is 11.7 Å². The third kappa shape index (κ3) is 5.76. The number of ether oxygens (including phenoxy) is 1. The third-order valence-electron chi connectivity index (χ3n) is 3.52. The highest BCUT2D eigenvalue weighted by atomic mass is 32.1. The Kier molecular flexibility index (Phi) is 6.54. The maximum atomic E-state index is 5.48. The Morgan fingerprint density at radius 3 is 3.00 bits per heavy atom. The third-order valence-corrected chi connectivity index (χ3v) is 3.77. The van der Waals surface area contributed by atoms with E-state index in [0.717, 1.165) is 24.4 Å². The van der Waals surface area contributed by atoms with E-state index in [1.807, 2.05) is 31.2 Å². The Bertz CT molecular complexity index is 499. The Hall–Kier alpha value is -1.55. The van der Waals surface area contributed by atoms with Crippen LogP contribution in [-0.2, 0) is 0 Å². The average Bonchev–Trinajstić information content (AvgIpc) is 2.49. The first-order chi connectivity index (χ1) is 10.3. The summed E-state index contributed by atoms with van der Waals surface area (Å²) in [6.45, 7) is 3.54. The van der Waals surface area contributed by atoms with Crippen LogP contribution in [0.2, 0.25) is 0 Å². The predicted molar refractivity (Wildman–Crippen MR) is 93.0 cm³/mol. The average molecular weight is 304 g/mol. The van der Waals surface area contributed by atoms with Gasteiger partial charge in [0.15, 0.2) is 5.11 Å². The first-order valence-corrected chi connectivity index (χ1v) is 8.14. The molecule has 2 N–H and O–H groups in total. The molecule has 0 heterocycles. The molecule has 1 aromatic rings. The van der Waals surface area contributed by atoms with Gasteiger partial charge in [-0.2, -0.15) is 0 Å². The van der Waals surface area contributed by atoms with Gasteiger partial charge in [0, 0.05) is 18.3 Å². The van der Waals surface area contributed by atoms with Gasteiger partial charge < -0.3 is 15.4 Å². The Labute approximate surface area is 132 Å². The van der Waals surface area contributed by atoms with Gasteiger partial charge in [-0.05, 0) is 63.4 Å². The Morgan fingerprint density at radius 1 is 1.33 bits per heavy atom. The molecule has 21 heavy (non-hydrogen) atoms. The summed E-state index contributed by atoms with van der Waals surface area (Å²) in [4.78, 5) is 0. The zero-order valence-corrected chi connectivity index (χ0v) is 13.5. The van der Waals surface area contributed by atoms with Crippen molar-refractivity contribution in [2.24, 2.45) is 0 Å². The van der Waals surface area contributed by atoms with Crippen LogP contribution in [0.1, 0.15) is 39.0 Å². The van der Waals surface area contributed by atoms with Crippen LogP contribution >= 0.6 is 12.2 Å². The fraction of sp³-hybridized carbons (Fsp3) is 0.471. The van der Waals surface area contributed by atoms with E-state index in [4.69, 9.17) is 17.0 Å². The van der Waals surface area contributed by atoms with Crippen LogP contribution in [0.25, 0.3) is 0 Å². The standard InChI is InChI=1S/C17H24N2OS/c1-2-20-16-10-6-9-15(13-16)19-17(21)18-12-11-14-7-4-3-5-8-14/h6-7,9-10,13H,2-5,8,11-12H2,1H3,(H2,18,19,21). The fourth-order valence-corrected chi connectivity index (χ4v) is 2.69. The molecule has 0 aliphatic heterocycles. The number of rotatable bonds is 6. The lowest BCUT2D eigenvalue weighted by Gasteiger charge is -2.15. The van der Waals surface area contributed by atoms with E-state index in [1.54, 1.807) is 5.57 Å². The first-order valence-electron chi connectivity index (χ1n) is 7.73. The fourth-order valence-electron chi connectivity index (χ4n) is 2.47. The minimum atomic E-state index is 0.667. The summed E-state index contributed by atoms with van der Waals surface area (Å²) in [7, 11) is 0. The SMILES string of the molecule is CCOc1cccc(NC(=S)NCCC2=CCCCC2)c1. The summed E-state index contributed by atoms with van der Waals surface area (Å²) in [6, 6.07) is 7.85. The number of anilines is 1. The van der Waals surface area contributed by atoms with Gasteiger partial charge in [0.05, 0.1) is 6.61 Å². The van der Waals surface area contributed by atoms with Crippen LogP contribution in [0.15, 0.2) is 35.9 Å². The minimum Gasteiger partial charge on any atom is -0.494 e. The molecule has 1 aromatic carbocycles. The van der Waals surface area contributed by atoms with Crippen molar-refractivity contribution in [3.05, 3.63) is 35.9 Å². The van der Waals surface area contributed by atoms with E-state index in [2.05, 4.69) is 16.7 Å². The van der Waals surface area contributed by atoms with E-state index >= 15 is 0 Å². The van der Waals surface area contributed by atoms with Gasteiger partial charge in [-0.15, -0.1) is 0 Å². The van der Waals surface area contributed by atoms with Crippen LogP contribution in [0.5, 0.6) is 5.75 Å². The first kappa shape index (κ1) is 15.8. The molecule has 0 unspecified atom stereocenters. The predicted octanol–water partition coefficient (Wildman–Crippen LogP) is 4.26. The van der Waals surface area contributed by atoms with Crippen LogP contribution in [0.3, 0.4) is 0 Å². The normalized spacial score (nSPS) is 14.2. The molecule has 0 saturated carbocycles. The molecular weight excluding hydrogens is 280 g/mol. The van der Waals surface area contributed by atoms with Crippen molar-refractivity contribution in [2.45, 2.75) is 39.0 Å². The summed E-state index contributed by atoms with van der Waals surface area (Å²) in [5.41, 5.74) is 2.52. The molecule has 0 saturated heterocycles. The van der Waals surface area contributed by atoms with Crippen LogP contribution in [0, 0.1) is 0 Å². The second-order valence-electron chi connectivity index (χ2n) is 5.20. The molecule has 0 radical (unpaired) electrons. The summed E-state index contributed by atoms with van der Waals surface area (Å²) in [5, 5.41) is 7.13. The summed E-state index contributed by atoms with van der Waals surface area (Å²) in [6.07, 6.45) is 8.63. The Morgan fingerprint density at radius 2 is 2.24 bits per heavy atom. The van der Waals surface area contributed by atoms with Gasteiger partial charge in [0.2, 0.25) is 0 Å². The number of allylic oxidation sites excluding steroid dienone is 1. The zero-order valence-electron chi connectivity index (χ0n) is 12.7. The monoisotopic (exact) mass is 304 g/mol. The van der Waals surface area contributed by atoms with Gasteiger partial charge in [-0.1, -0.05) is 17.7 Å². The molecule has 1 aliphatic carbocycles. The molecule has 0 aromatic heterocycles. The second-order valence-corrected chi connectivity index (χ2v) is 5.61. The van der Waals surface area contributed by atoms with Crippen molar-refractivity contribution in [3.8, 4) is 5.75 Å². The van der Waals surface area contributed by atoms with Gasteiger partial charge >= 0.3 is 0 Å². The molecule has 114 valence electrons. The second kappa shape index (κ2) is 8.67. The summed E-state index contributed by atoms with van der Waals surface area (Å²) >= 11 is 5.33.